The molecule has 142 valence electrons. The van der Waals surface area contributed by atoms with Crippen LogP contribution in [0.25, 0.3) is 0 Å². The van der Waals surface area contributed by atoms with Crippen molar-refractivity contribution in [2.45, 2.75) is 18.6 Å². The topological polar surface area (TPSA) is 101 Å². The summed E-state index contributed by atoms with van der Waals surface area (Å²) in [5.74, 6) is 5.28. The number of nitrogens with zero attached hydrogens (tertiary/aromatic N) is 1. The molecule has 2 atom stereocenters. The highest BCUT2D eigenvalue weighted by molar-refractivity contribution is 6.03. The highest BCUT2D eigenvalue weighted by atomic mass is 16.3. The van der Waals surface area contributed by atoms with E-state index in [0.717, 1.165) is 5.56 Å². The fourth-order valence-corrected chi connectivity index (χ4v) is 3.50. The molecule has 28 heavy (non-hydrogen) atoms. The first-order valence-corrected chi connectivity index (χ1v) is 8.95. The minimum absolute atomic E-state index is 0.264. The summed E-state index contributed by atoms with van der Waals surface area (Å²) in [5.41, 5.74) is 4.30. The van der Waals surface area contributed by atoms with Crippen LogP contribution < -0.4 is 16.6 Å². The van der Waals surface area contributed by atoms with Gasteiger partial charge in [0.15, 0.2) is 6.17 Å². The van der Waals surface area contributed by atoms with Crippen molar-refractivity contribution >= 4 is 17.5 Å². The summed E-state index contributed by atoms with van der Waals surface area (Å²) in [6.45, 7) is 0. The molecule has 0 aliphatic carbocycles. The number of hydrazine groups is 1. The van der Waals surface area contributed by atoms with Crippen LogP contribution in [0.15, 0.2) is 77.4 Å². The summed E-state index contributed by atoms with van der Waals surface area (Å²) in [4.78, 5) is 27.6. The second kappa shape index (κ2) is 7.58. The summed E-state index contributed by atoms with van der Waals surface area (Å²) in [6.07, 6.45) is 1.22. The lowest BCUT2D eigenvalue weighted by Gasteiger charge is -2.40. The van der Waals surface area contributed by atoms with Crippen LogP contribution in [0.5, 0.6) is 0 Å². The van der Waals surface area contributed by atoms with E-state index in [-0.39, 0.29) is 5.91 Å². The molecule has 4 rings (SSSR count). The average Bonchev–Trinajstić information content (AvgIpc) is 3.27. The Morgan fingerprint density at radius 2 is 1.86 bits per heavy atom. The Morgan fingerprint density at radius 1 is 1.11 bits per heavy atom. The Bertz CT molecular complexity index is 972. The molecular formula is C21H20N4O3. The van der Waals surface area contributed by atoms with Gasteiger partial charge >= 0.3 is 0 Å². The van der Waals surface area contributed by atoms with Crippen LogP contribution in [0.1, 0.15) is 27.8 Å². The zero-order chi connectivity index (χ0) is 19.5. The summed E-state index contributed by atoms with van der Waals surface area (Å²) >= 11 is 0. The smallest absolute Gasteiger partial charge is 0.258 e. The zero-order valence-electron chi connectivity index (χ0n) is 15.0. The number of amides is 2. The van der Waals surface area contributed by atoms with Gasteiger partial charge in [0.2, 0.25) is 0 Å². The summed E-state index contributed by atoms with van der Waals surface area (Å²) < 4.78 is 5.56. The number of hydrogen-bond acceptors (Lipinski definition) is 5. The number of anilines is 1. The number of para-hydroxylation sites is 1. The molecule has 0 saturated heterocycles. The number of carbonyl (C=O) groups is 2. The summed E-state index contributed by atoms with van der Waals surface area (Å²) in [7, 11) is 0. The maximum atomic E-state index is 13.4. The highest BCUT2D eigenvalue weighted by Gasteiger charge is 2.41. The van der Waals surface area contributed by atoms with Gasteiger partial charge in [-0.2, -0.15) is 0 Å². The zero-order valence-corrected chi connectivity index (χ0v) is 15.0. The van der Waals surface area contributed by atoms with E-state index >= 15 is 0 Å². The van der Waals surface area contributed by atoms with Crippen LogP contribution in [-0.2, 0) is 11.2 Å². The van der Waals surface area contributed by atoms with Gasteiger partial charge in [-0.15, -0.1) is 0 Å². The summed E-state index contributed by atoms with van der Waals surface area (Å²) in [6, 6.07) is 19.4. The maximum absolute atomic E-state index is 13.4. The monoisotopic (exact) mass is 376 g/mol. The van der Waals surface area contributed by atoms with Crippen molar-refractivity contribution in [2.24, 2.45) is 5.84 Å². The van der Waals surface area contributed by atoms with E-state index in [4.69, 9.17) is 10.3 Å². The molecule has 2 unspecified atom stereocenters. The summed E-state index contributed by atoms with van der Waals surface area (Å²) in [5, 5.41) is 3.32. The van der Waals surface area contributed by atoms with E-state index in [2.05, 4.69) is 10.7 Å². The molecule has 2 amide bonds. The van der Waals surface area contributed by atoms with Crippen LogP contribution >= 0.6 is 0 Å². The van der Waals surface area contributed by atoms with Crippen LogP contribution in [0.3, 0.4) is 0 Å². The van der Waals surface area contributed by atoms with Crippen molar-refractivity contribution in [3.8, 4) is 0 Å². The second-order valence-electron chi connectivity index (χ2n) is 6.53. The van der Waals surface area contributed by atoms with E-state index in [1.54, 1.807) is 24.3 Å². The number of nitrogens with two attached hydrogens (primary N) is 1. The van der Waals surface area contributed by atoms with Crippen molar-refractivity contribution < 1.29 is 14.0 Å². The van der Waals surface area contributed by atoms with E-state index < -0.39 is 18.1 Å². The fraction of sp³-hybridized carbons (Fsp3) is 0.143. The Balaban J connectivity index is 1.79. The van der Waals surface area contributed by atoms with Gasteiger partial charge in [0.1, 0.15) is 11.8 Å². The molecule has 2 aromatic carbocycles. The van der Waals surface area contributed by atoms with E-state index in [9.17, 15) is 9.59 Å². The van der Waals surface area contributed by atoms with Gasteiger partial charge < -0.3 is 9.73 Å². The predicted molar refractivity (Wildman–Crippen MR) is 104 cm³/mol. The van der Waals surface area contributed by atoms with Crippen LogP contribution in [0.2, 0.25) is 0 Å². The van der Waals surface area contributed by atoms with Gasteiger partial charge in [-0.05, 0) is 29.8 Å². The van der Waals surface area contributed by atoms with E-state index in [0.29, 0.717) is 23.4 Å². The highest BCUT2D eigenvalue weighted by Crippen LogP contribution is 2.35. The lowest BCUT2D eigenvalue weighted by Crippen LogP contribution is -2.56. The number of benzene rings is 2. The van der Waals surface area contributed by atoms with Crippen LogP contribution in [0.4, 0.5) is 5.69 Å². The lowest BCUT2D eigenvalue weighted by molar-refractivity contribution is -0.126. The molecule has 7 nitrogen and oxygen atoms in total. The minimum atomic E-state index is -0.823. The Kier molecular flexibility index (Phi) is 4.82. The van der Waals surface area contributed by atoms with Crippen molar-refractivity contribution in [1.82, 2.24) is 10.3 Å². The first-order chi connectivity index (χ1) is 13.7. The molecule has 0 spiro atoms. The van der Waals surface area contributed by atoms with Gasteiger partial charge in [-0.25, -0.2) is 5.84 Å². The van der Waals surface area contributed by atoms with Crippen molar-refractivity contribution in [3.05, 3.63) is 89.9 Å². The normalized spacial score (nSPS) is 16.8. The van der Waals surface area contributed by atoms with Gasteiger partial charge in [0.25, 0.3) is 11.8 Å². The van der Waals surface area contributed by atoms with Gasteiger partial charge in [-0.3, -0.25) is 19.9 Å². The van der Waals surface area contributed by atoms with E-state index in [1.165, 1.54) is 11.2 Å². The molecule has 1 aromatic heterocycles. The number of hydrogen-bond donors (Lipinski definition) is 3. The minimum Gasteiger partial charge on any atom is -0.465 e. The molecule has 0 radical (unpaired) electrons. The van der Waals surface area contributed by atoms with Crippen molar-refractivity contribution in [3.63, 3.8) is 0 Å². The van der Waals surface area contributed by atoms with E-state index in [1.807, 2.05) is 42.5 Å². The molecule has 3 aromatic rings. The van der Waals surface area contributed by atoms with Gasteiger partial charge in [0, 0.05) is 12.1 Å². The molecular weight excluding hydrogens is 356 g/mol. The third-order valence-corrected chi connectivity index (χ3v) is 4.83. The predicted octanol–water partition coefficient (Wildman–Crippen LogP) is 2.45. The first kappa shape index (κ1) is 17.8. The third-order valence-electron chi connectivity index (χ3n) is 4.83. The second-order valence-corrected chi connectivity index (χ2v) is 6.53. The molecule has 7 heteroatoms. The molecule has 0 bridgehead atoms. The first-order valence-electron chi connectivity index (χ1n) is 8.95. The number of rotatable bonds is 5. The number of nitrogens with one attached hydrogen (secondary N) is 2. The van der Waals surface area contributed by atoms with Crippen molar-refractivity contribution in [2.75, 3.05) is 5.32 Å². The molecule has 1 aliphatic heterocycles. The van der Waals surface area contributed by atoms with Gasteiger partial charge in [-0.1, -0.05) is 42.5 Å². The number of furan rings is 1. The largest absolute Gasteiger partial charge is 0.465 e. The quantitative estimate of drug-likeness (QED) is 0.361. The van der Waals surface area contributed by atoms with Crippen molar-refractivity contribution in [1.29, 1.82) is 0 Å². The standard InChI is InChI=1S/C21H20N4O3/c22-24-20(26)17(13-14-7-2-1-3-8-14)25-19(18-11-6-12-28-18)23-16-10-5-4-9-15(16)21(25)27/h1-12,17,19,23H,13,22H2,(H,24,26). The number of carbonyl (C=O) groups excluding carboxylic acids is 2. The van der Waals surface area contributed by atoms with Crippen LogP contribution in [0, 0.1) is 0 Å². The number of fused-ring (bicyclic) bond motifs is 1. The molecule has 0 fully saturated rings. The van der Waals surface area contributed by atoms with Gasteiger partial charge in [0.05, 0.1) is 11.8 Å². The third kappa shape index (κ3) is 3.23. The average molecular weight is 376 g/mol. The Hall–Kier alpha value is -3.58. The molecule has 4 N–H and O–H groups in total. The molecule has 1 aliphatic rings. The Morgan fingerprint density at radius 3 is 2.57 bits per heavy atom. The maximum Gasteiger partial charge on any atom is 0.258 e. The SMILES string of the molecule is NNC(=O)C(Cc1ccccc1)N1C(=O)c2ccccc2NC1c1ccco1. The Labute approximate surface area is 162 Å². The molecule has 2 heterocycles. The molecule has 0 saturated carbocycles. The lowest BCUT2D eigenvalue weighted by atomic mass is 9.99. The fourth-order valence-electron chi connectivity index (χ4n) is 3.50. The van der Waals surface area contributed by atoms with Crippen LogP contribution in [-0.4, -0.2) is 22.8 Å².